The predicted octanol–water partition coefficient (Wildman–Crippen LogP) is 2.59. The van der Waals surface area contributed by atoms with E-state index >= 15 is 0 Å². The molecule has 1 rings (SSSR count). The number of carbonyl (C=O) groups excluding carboxylic acids is 1. The second kappa shape index (κ2) is 8.44. The van der Waals surface area contributed by atoms with Crippen molar-refractivity contribution in [3.05, 3.63) is 40.4 Å². The van der Waals surface area contributed by atoms with Gasteiger partial charge in [0.05, 0.1) is 12.7 Å². The van der Waals surface area contributed by atoms with Crippen molar-refractivity contribution >= 4 is 29.6 Å². The minimum atomic E-state index is -1.06. The number of carbonyl (C=O) groups is 2. The Labute approximate surface area is 128 Å². The fourth-order valence-corrected chi connectivity index (χ4v) is 1.77. The number of aliphatic carboxylic acids is 1. The van der Waals surface area contributed by atoms with E-state index in [0.717, 1.165) is 6.08 Å². The second-order valence-corrected chi connectivity index (χ2v) is 4.99. The zero-order chi connectivity index (χ0) is 15.8. The van der Waals surface area contributed by atoms with E-state index in [1.807, 2.05) is 13.8 Å². The first-order valence-corrected chi connectivity index (χ1v) is 6.88. The summed E-state index contributed by atoms with van der Waals surface area (Å²) in [6.45, 7) is 4.70. The number of ether oxygens (including phenoxy) is 1. The molecule has 6 heteroatoms. The highest BCUT2D eigenvalue weighted by Gasteiger charge is 2.07. The number of hydrogen-bond acceptors (Lipinski definition) is 3. The van der Waals surface area contributed by atoms with Crippen LogP contribution in [0.1, 0.15) is 29.8 Å². The molecule has 1 aromatic rings. The van der Waals surface area contributed by atoms with E-state index in [1.165, 1.54) is 12.1 Å². The van der Waals surface area contributed by atoms with Gasteiger partial charge in [-0.15, -0.1) is 0 Å². The summed E-state index contributed by atoms with van der Waals surface area (Å²) in [5, 5.41) is 11.6. The van der Waals surface area contributed by atoms with Crippen molar-refractivity contribution in [3.63, 3.8) is 0 Å². The van der Waals surface area contributed by atoms with Gasteiger partial charge in [0.1, 0.15) is 0 Å². The molecule has 0 radical (unpaired) electrons. The van der Waals surface area contributed by atoms with E-state index < -0.39 is 5.97 Å². The summed E-state index contributed by atoms with van der Waals surface area (Å²) in [7, 11) is 0. The minimum Gasteiger partial charge on any atom is -0.478 e. The fraction of sp³-hybridized carbons (Fsp3) is 0.333. The molecule has 2 N–H and O–H groups in total. The molecule has 0 aliphatic heterocycles. The Balaban J connectivity index is 2.62. The number of amides is 1. The summed E-state index contributed by atoms with van der Waals surface area (Å²) >= 11 is 6.01. The molecule has 1 aromatic carbocycles. The van der Waals surface area contributed by atoms with Crippen LogP contribution >= 0.6 is 11.6 Å². The van der Waals surface area contributed by atoms with Crippen LogP contribution in [0.3, 0.4) is 0 Å². The summed E-state index contributed by atoms with van der Waals surface area (Å²) in [4.78, 5) is 22.3. The predicted molar refractivity (Wildman–Crippen MR) is 81.5 cm³/mol. The highest BCUT2D eigenvalue weighted by atomic mass is 35.5. The summed E-state index contributed by atoms with van der Waals surface area (Å²) < 4.78 is 5.32. The number of carboxylic acids is 1. The molecule has 0 aliphatic carbocycles. The molecule has 0 bridgehead atoms. The van der Waals surface area contributed by atoms with Crippen LogP contribution < -0.4 is 5.32 Å². The standard InChI is InChI=1S/C15H18ClNO4/c1-10(2)21-8-7-17-15(20)12-4-3-11(13(16)9-12)5-6-14(18)19/h3-6,9-10H,7-8H2,1-2H3,(H,17,20)(H,18,19)/b6-5+. The molecule has 0 aromatic heterocycles. The first-order valence-electron chi connectivity index (χ1n) is 6.50. The van der Waals surface area contributed by atoms with Crippen LogP contribution in [0.4, 0.5) is 0 Å². The number of carboxylic acid groups (broad SMARTS) is 1. The van der Waals surface area contributed by atoms with Gasteiger partial charge in [0.25, 0.3) is 5.91 Å². The average Bonchev–Trinajstić information content (AvgIpc) is 2.41. The SMILES string of the molecule is CC(C)OCCNC(=O)c1ccc(/C=C/C(=O)O)c(Cl)c1. The summed E-state index contributed by atoms with van der Waals surface area (Å²) in [6, 6.07) is 4.69. The van der Waals surface area contributed by atoms with Crippen molar-refractivity contribution in [2.75, 3.05) is 13.2 Å². The van der Waals surface area contributed by atoms with E-state index in [9.17, 15) is 9.59 Å². The third-order valence-corrected chi connectivity index (χ3v) is 2.83. The minimum absolute atomic E-state index is 0.122. The molecule has 0 heterocycles. The summed E-state index contributed by atoms with van der Waals surface area (Å²) in [5.41, 5.74) is 0.954. The van der Waals surface area contributed by atoms with E-state index in [0.29, 0.717) is 29.3 Å². The van der Waals surface area contributed by atoms with E-state index in [-0.39, 0.29) is 12.0 Å². The van der Waals surface area contributed by atoms with Crippen LogP contribution in [0.25, 0.3) is 6.08 Å². The van der Waals surface area contributed by atoms with Crippen molar-refractivity contribution < 1.29 is 19.4 Å². The van der Waals surface area contributed by atoms with Gasteiger partial charge in [-0.05, 0) is 37.6 Å². The van der Waals surface area contributed by atoms with Gasteiger partial charge in [-0.3, -0.25) is 4.79 Å². The lowest BCUT2D eigenvalue weighted by Gasteiger charge is -2.09. The van der Waals surface area contributed by atoms with E-state index in [1.54, 1.807) is 12.1 Å². The summed E-state index contributed by atoms with van der Waals surface area (Å²) in [6.07, 6.45) is 2.49. The molecular weight excluding hydrogens is 294 g/mol. The Kier molecular flexibility index (Phi) is 6.91. The third kappa shape index (κ3) is 6.42. The number of rotatable bonds is 7. The van der Waals surface area contributed by atoms with Crippen molar-refractivity contribution in [1.29, 1.82) is 0 Å². The number of halogens is 1. The molecule has 0 fully saturated rings. The molecule has 0 unspecified atom stereocenters. The Morgan fingerprint density at radius 1 is 1.43 bits per heavy atom. The van der Waals surface area contributed by atoms with Crippen LogP contribution in [0.15, 0.2) is 24.3 Å². The normalized spacial score (nSPS) is 11.0. The number of hydrogen-bond donors (Lipinski definition) is 2. The average molecular weight is 312 g/mol. The lowest BCUT2D eigenvalue weighted by molar-refractivity contribution is -0.131. The van der Waals surface area contributed by atoms with Gasteiger partial charge in [-0.25, -0.2) is 4.79 Å². The molecule has 0 spiro atoms. The number of nitrogens with one attached hydrogen (secondary N) is 1. The van der Waals surface area contributed by atoms with Crippen LogP contribution in [-0.4, -0.2) is 36.2 Å². The van der Waals surface area contributed by atoms with Crippen LogP contribution in [0, 0.1) is 0 Å². The second-order valence-electron chi connectivity index (χ2n) is 4.58. The third-order valence-electron chi connectivity index (χ3n) is 2.51. The molecule has 0 atom stereocenters. The first kappa shape index (κ1) is 17.2. The molecule has 0 saturated heterocycles. The van der Waals surface area contributed by atoms with E-state index in [4.69, 9.17) is 21.4 Å². The van der Waals surface area contributed by atoms with Crippen molar-refractivity contribution in [2.45, 2.75) is 20.0 Å². The van der Waals surface area contributed by atoms with Crippen LogP contribution in [-0.2, 0) is 9.53 Å². The Morgan fingerprint density at radius 3 is 2.71 bits per heavy atom. The lowest BCUT2D eigenvalue weighted by Crippen LogP contribution is -2.28. The van der Waals surface area contributed by atoms with Gasteiger partial charge < -0.3 is 15.2 Å². The topological polar surface area (TPSA) is 75.6 Å². The fourth-order valence-electron chi connectivity index (χ4n) is 1.53. The Bertz CT molecular complexity index is 540. The van der Waals surface area contributed by atoms with Gasteiger partial charge in [0, 0.05) is 23.2 Å². The van der Waals surface area contributed by atoms with Crippen molar-refractivity contribution in [2.24, 2.45) is 0 Å². The quantitative estimate of drug-likeness (QED) is 0.599. The largest absolute Gasteiger partial charge is 0.478 e. The lowest BCUT2D eigenvalue weighted by atomic mass is 10.1. The van der Waals surface area contributed by atoms with Gasteiger partial charge in [-0.2, -0.15) is 0 Å². The van der Waals surface area contributed by atoms with Gasteiger partial charge in [-0.1, -0.05) is 17.7 Å². The summed E-state index contributed by atoms with van der Waals surface area (Å²) in [5.74, 6) is -1.31. The van der Waals surface area contributed by atoms with E-state index in [2.05, 4.69) is 5.32 Å². The van der Waals surface area contributed by atoms with Crippen molar-refractivity contribution in [3.8, 4) is 0 Å². The maximum Gasteiger partial charge on any atom is 0.328 e. The Hall–Kier alpha value is -1.85. The molecule has 21 heavy (non-hydrogen) atoms. The molecule has 0 aliphatic rings. The Morgan fingerprint density at radius 2 is 2.14 bits per heavy atom. The van der Waals surface area contributed by atoms with Gasteiger partial charge in [0.2, 0.25) is 0 Å². The molecule has 1 amide bonds. The maximum absolute atomic E-state index is 11.9. The van der Waals surface area contributed by atoms with Gasteiger partial charge in [0.15, 0.2) is 0 Å². The van der Waals surface area contributed by atoms with Crippen molar-refractivity contribution in [1.82, 2.24) is 5.32 Å². The monoisotopic (exact) mass is 311 g/mol. The number of benzene rings is 1. The smallest absolute Gasteiger partial charge is 0.328 e. The highest BCUT2D eigenvalue weighted by Crippen LogP contribution is 2.19. The maximum atomic E-state index is 11.9. The highest BCUT2D eigenvalue weighted by molar-refractivity contribution is 6.32. The molecule has 114 valence electrons. The first-order chi connectivity index (χ1) is 9.90. The zero-order valence-corrected chi connectivity index (χ0v) is 12.7. The van der Waals surface area contributed by atoms with Gasteiger partial charge >= 0.3 is 5.97 Å². The zero-order valence-electron chi connectivity index (χ0n) is 11.9. The molecule has 0 saturated carbocycles. The molecule has 5 nitrogen and oxygen atoms in total. The van der Waals surface area contributed by atoms with Crippen LogP contribution in [0.5, 0.6) is 0 Å². The van der Waals surface area contributed by atoms with Crippen LogP contribution in [0.2, 0.25) is 5.02 Å². The molecular formula is C15H18ClNO4.